The molecule has 0 fully saturated rings. The fraction of sp³-hybridized carbons (Fsp3) is 0.600. The first kappa shape index (κ1) is 28.1. The topological polar surface area (TPSA) is 18.5 Å². The summed E-state index contributed by atoms with van der Waals surface area (Å²) < 4.78 is 16.6. The van der Waals surface area contributed by atoms with Crippen molar-refractivity contribution in [2.45, 2.75) is 114 Å². The van der Waals surface area contributed by atoms with E-state index >= 15 is 0 Å². The summed E-state index contributed by atoms with van der Waals surface area (Å²) in [6.07, 6.45) is 6.82. The molecule has 33 heavy (non-hydrogen) atoms. The van der Waals surface area contributed by atoms with E-state index in [1.807, 2.05) is 0 Å². The van der Waals surface area contributed by atoms with Crippen LogP contribution in [0.2, 0.25) is 8.87 Å². The van der Waals surface area contributed by atoms with E-state index in [0.29, 0.717) is 0 Å². The molecule has 0 atom stereocenters. The molecule has 0 aliphatic rings. The van der Waals surface area contributed by atoms with E-state index in [2.05, 4.69) is 104 Å². The van der Waals surface area contributed by atoms with Gasteiger partial charge in [0.15, 0.2) is 0 Å². The number of unbranched alkanes of at least 4 members (excludes halogenated alkanes) is 2. The first-order chi connectivity index (χ1) is 15.6. The summed E-state index contributed by atoms with van der Waals surface area (Å²) in [5, 5.41) is 0. The summed E-state index contributed by atoms with van der Waals surface area (Å²) in [7, 11) is 0. The van der Waals surface area contributed by atoms with E-state index in [4.69, 9.17) is 6.15 Å². The van der Waals surface area contributed by atoms with Crippen LogP contribution in [0.3, 0.4) is 0 Å². The second kappa shape index (κ2) is 12.5. The Balaban J connectivity index is 2.58. The van der Waals surface area contributed by atoms with Crippen LogP contribution in [-0.4, -0.2) is 19.2 Å². The maximum absolute atomic E-state index is 7.22. The second-order valence-corrected chi connectivity index (χ2v) is 20.0. The Morgan fingerprint density at radius 2 is 0.970 bits per heavy atom. The average molecular weight is 559 g/mol. The third kappa shape index (κ3) is 7.41. The predicted molar refractivity (Wildman–Crippen MR) is 146 cm³/mol. The van der Waals surface area contributed by atoms with Crippen molar-refractivity contribution >= 4 is 19.2 Å². The molecule has 0 unspecified atom stereocenters. The van der Waals surface area contributed by atoms with Gasteiger partial charge in [-0.25, -0.2) is 0 Å². The van der Waals surface area contributed by atoms with Crippen LogP contribution in [0.1, 0.15) is 105 Å². The van der Waals surface area contributed by atoms with Gasteiger partial charge in [0.05, 0.1) is 0 Å². The third-order valence-electron chi connectivity index (χ3n) is 7.41. The first-order valence-corrected chi connectivity index (χ1v) is 19.6. The fourth-order valence-electron chi connectivity index (χ4n) is 4.25. The normalized spacial score (nSPS) is 12.6. The van der Waals surface area contributed by atoms with E-state index in [1.54, 1.807) is 0 Å². The maximum atomic E-state index is 7.22. The summed E-state index contributed by atoms with van der Waals surface area (Å²) >= 11 is -3.53. The predicted octanol–water partition coefficient (Wildman–Crippen LogP) is 9.56. The van der Waals surface area contributed by atoms with Crippen LogP contribution >= 0.6 is 0 Å². The van der Waals surface area contributed by atoms with Crippen molar-refractivity contribution in [3.63, 3.8) is 0 Å². The molecule has 3 heteroatoms. The molecule has 0 spiro atoms. The monoisotopic (exact) mass is 560 g/mol. The third-order valence-corrected chi connectivity index (χ3v) is 17.2. The van der Waals surface area contributed by atoms with Crippen LogP contribution in [0, 0.1) is 0 Å². The molecule has 0 saturated carbocycles. The summed E-state index contributed by atoms with van der Waals surface area (Å²) in [5.41, 5.74) is 2.78. The van der Waals surface area contributed by atoms with Crippen molar-refractivity contribution in [2.75, 3.05) is 0 Å². The molecule has 184 valence electrons. The van der Waals surface area contributed by atoms with Gasteiger partial charge in [0.1, 0.15) is 0 Å². The van der Waals surface area contributed by atoms with Gasteiger partial charge < -0.3 is 0 Å². The molecule has 0 heterocycles. The van der Waals surface area contributed by atoms with Gasteiger partial charge in [-0.1, -0.05) is 0 Å². The molecule has 2 aromatic rings. The van der Waals surface area contributed by atoms with Crippen molar-refractivity contribution in [1.82, 2.24) is 0 Å². The molecule has 0 radical (unpaired) electrons. The van der Waals surface area contributed by atoms with Crippen molar-refractivity contribution in [3.05, 3.63) is 59.7 Å². The zero-order valence-corrected chi connectivity index (χ0v) is 25.4. The summed E-state index contributed by atoms with van der Waals surface area (Å²) in [4.78, 5) is 0. The van der Waals surface area contributed by atoms with Crippen LogP contribution < -0.4 is 6.15 Å². The van der Waals surface area contributed by atoms with Gasteiger partial charge in [-0.3, -0.25) is 0 Å². The van der Waals surface area contributed by atoms with E-state index in [0.717, 1.165) is 33.2 Å². The fourth-order valence-corrected chi connectivity index (χ4v) is 14.6. The van der Waals surface area contributed by atoms with Crippen molar-refractivity contribution < 1.29 is 6.15 Å². The van der Waals surface area contributed by atoms with Crippen LogP contribution in [0.5, 0.6) is 11.5 Å². The molecule has 0 N–H and O–H groups in total. The van der Waals surface area contributed by atoms with Gasteiger partial charge >= 0.3 is 210 Å². The molecule has 0 bridgehead atoms. The Bertz CT molecular complexity index is 784. The number of para-hydroxylation sites is 2. The van der Waals surface area contributed by atoms with Crippen LogP contribution in [0.25, 0.3) is 0 Å². The van der Waals surface area contributed by atoms with Crippen molar-refractivity contribution in [3.8, 4) is 11.5 Å². The average Bonchev–Trinajstić information content (AvgIpc) is 2.82. The van der Waals surface area contributed by atoms with Gasteiger partial charge in [-0.05, 0) is 0 Å². The molecule has 2 aromatic carbocycles. The van der Waals surface area contributed by atoms with Gasteiger partial charge in [-0.15, -0.1) is 0 Å². The Kier molecular flexibility index (Phi) is 10.6. The standard InChI is InChI=1S/2C11H16O.2C4H9.Sn/c2*1-4-11(2,3)9-7-5-6-8-10(9)12;2*1-3-4-2;/h2*5-8,12H,4H2,1-3H3;2*1,3-4H2,2H3;/q;;;;+2/p-2. The number of rotatable bonds is 14. The van der Waals surface area contributed by atoms with Gasteiger partial charge in [-0.2, -0.15) is 0 Å². The van der Waals surface area contributed by atoms with Crippen LogP contribution in [0.4, 0.5) is 0 Å². The Labute approximate surface area is 209 Å². The minimum absolute atomic E-state index is 0.0752. The molecule has 0 aliphatic heterocycles. The number of hydrogen-bond donors (Lipinski definition) is 0. The van der Waals surface area contributed by atoms with E-state index < -0.39 is 19.2 Å². The van der Waals surface area contributed by atoms with Crippen molar-refractivity contribution in [2.24, 2.45) is 0 Å². The Morgan fingerprint density at radius 1 is 0.606 bits per heavy atom. The van der Waals surface area contributed by atoms with Crippen LogP contribution in [-0.2, 0) is 10.8 Å². The SMILES string of the molecule is CCC[CH2][Sn]([CH2]CCC)([O]c1ccccc1C(C)(C)CC)[O]c1ccccc1C(C)(C)CC. The molecule has 2 rings (SSSR count). The molecule has 0 aromatic heterocycles. The van der Waals surface area contributed by atoms with E-state index in [9.17, 15) is 0 Å². The molecule has 0 saturated heterocycles. The second-order valence-electron chi connectivity index (χ2n) is 10.8. The molecule has 0 aliphatic carbocycles. The molecular formula is C30H48O2Sn. The summed E-state index contributed by atoms with van der Waals surface area (Å²) in [6, 6.07) is 17.4. The Hall–Kier alpha value is -1.16. The summed E-state index contributed by atoms with van der Waals surface area (Å²) in [6.45, 7) is 18.4. The van der Waals surface area contributed by atoms with Gasteiger partial charge in [0.2, 0.25) is 0 Å². The van der Waals surface area contributed by atoms with Crippen molar-refractivity contribution in [1.29, 1.82) is 0 Å². The molecule has 0 amide bonds. The Morgan fingerprint density at radius 3 is 1.30 bits per heavy atom. The summed E-state index contributed by atoms with van der Waals surface area (Å²) in [5.74, 6) is 2.11. The van der Waals surface area contributed by atoms with Gasteiger partial charge in [0, 0.05) is 0 Å². The quantitative estimate of drug-likeness (QED) is 0.215. The minimum atomic E-state index is -3.53. The van der Waals surface area contributed by atoms with Crippen LogP contribution in [0.15, 0.2) is 48.5 Å². The zero-order chi connectivity index (χ0) is 24.5. The zero-order valence-electron chi connectivity index (χ0n) is 22.6. The van der Waals surface area contributed by atoms with E-state index in [-0.39, 0.29) is 10.8 Å². The number of benzene rings is 2. The molecular weight excluding hydrogens is 511 g/mol. The van der Waals surface area contributed by atoms with Gasteiger partial charge in [0.25, 0.3) is 0 Å². The first-order valence-electron chi connectivity index (χ1n) is 13.2. The van der Waals surface area contributed by atoms with E-state index in [1.165, 1.54) is 36.8 Å². The molecule has 2 nitrogen and oxygen atoms in total. The number of hydrogen-bond acceptors (Lipinski definition) is 2.